The van der Waals surface area contributed by atoms with Gasteiger partial charge in [0.05, 0.1) is 21.8 Å². The van der Waals surface area contributed by atoms with Gasteiger partial charge in [-0.3, -0.25) is 9.52 Å². The Kier molecular flexibility index (Phi) is 4.62. The Hall–Kier alpha value is -2.25. The van der Waals surface area contributed by atoms with Crippen LogP contribution in [0.3, 0.4) is 0 Å². The first kappa shape index (κ1) is 18.5. The van der Waals surface area contributed by atoms with Crippen LogP contribution in [0.15, 0.2) is 47.4 Å². The van der Waals surface area contributed by atoms with Crippen molar-refractivity contribution in [2.75, 3.05) is 23.3 Å². The summed E-state index contributed by atoms with van der Waals surface area (Å²) in [7, 11) is -2.17. The number of halogens is 1. The Balaban J connectivity index is 1.95. The second-order valence-corrected chi connectivity index (χ2v) is 8.81. The minimum Gasteiger partial charge on any atom is -0.490 e. The van der Waals surface area contributed by atoms with Crippen LogP contribution in [-0.2, 0) is 14.8 Å². The minimum atomic E-state index is -3.84. The van der Waals surface area contributed by atoms with Gasteiger partial charge in [0.15, 0.2) is 0 Å². The Morgan fingerprint density at radius 2 is 1.88 bits per heavy atom. The summed E-state index contributed by atoms with van der Waals surface area (Å²) in [6.45, 7) is 3.81. The number of carbonyl (C=O) groups excluding carboxylic acids is 1. The zero-order valence-corrected chi connectivity index (χ0v) is 16.2. The Bertz CT molecular complexity index is 973. The quantitative estimate of drug-likeness (QED) is 0.864. The standard InChI is InChI=1S/C18H19ClN2O4S/c1-18(2)11-25-15-10-12(8-9-14(15)21(3)17(18)22)20-26(23,24)16-7-5-4-6-13(16)19/h4-10,20H,11H2,1-3H3. The molecule has 0 aliphatic carbocycles. The van der Waals surface area contributed by atoms with Crippen molar-refractivity contribution in [3.05, 3.63) is 47.5 Å². The number of hydrogen-bond acceptors (Lipinski definition) is 4. The summed E-state index contributed by atoms with van der Waals surface area (Å²) in [5, 5.41) is 0.137. The molecule has 1 aliphatic heterocycles. The molecule has 0 bridgehead atoms. The third-order valence-corrected chi connectivity index (χ3v) is 6.05. The van der Waals surface area contributed by atoms with Crippen LogP contribution >= 0.6 is 11.6 Å². The topological polar surface area (TPSA) is 75.7 Å². The van der Waals surface area contributed by atoms with E-state index in [0.717, 1.165) is 0 Å². The molecule has 0 saturated heterocycles. The predicted octanol–water partition coefficient (Wildman–Crippen LogP) is 3.52. The molecule has 8 heteroatoms. The van der Waals surface area contributed by atoms with Gasteiger partial charge in [-0.15, -0.1) is 0 Å². The lowest BCUT2D eigenvalue weighted by molar-refractivity contribution is -0.127. The van der Waals surface area contributed by atoms with Crippen LogP contribution < -0.4 is 14.4 Å². The van der Waals surface area contributed by atoms with Crippen molar-refractivity contribution in [2.45, 2.75) is 18.7 Å². The van der Waals surface area contributed by atoms with E-state index in [1.54, 1.807) is 51.2 Å². The molecule has 1 amide bonds. The predicted molar refractivity (Wildman–Crippen MR) is 101 cm³/mol. The molecule has 0 fully saturated rings. The van der Waals surface area contributed by atoms with Crippen molar-refractivity contribution < 1.29 is 17.9 Å². The molecule has 6 nitrogen and oxygen atoms in total. The summed E-state index contributed by atoms with van der Waals surface area (Å²) in [4.78, 5) is 14.0. The number of nitrogens with one attached hydrogen (secondary N) is 1. The van der Waals surface area contributed by atoms with E-state index in [2.05, 4.69) is 4.72 Å². The number of nitrogens with zero attached hydrogens (tertiary/aromatic N) is 1. The molecule has 0 unspecified atom stereocenters. The molecule has 2 aromatic rings. The maximum Gasteiger partial charge on any atom is 0.263 e. The van der Waals surface area contributed by atoms with Crippen molar-refractivity contribution in [3.63, 3.8) is 0 Å². The van der Waals surface area contributed by atoms with E-state index in [-0.39, 0.29) is 22.4 Å². The van der Waals surface area contributed by atoms with Crippen LogP contribution in [0.1, 0.15) is 13.8 Å². The van der Waals surface area contributed by atoms with Crippen LogP contribution in [-0.4, -0.2) is 28.0 Å². The fourth-order valence-corrected chi connectivity index (χ4v) is 4.30. The molecule has 26 heavy (non-hydrogen) atoms. The molecule has 0 aromatic heterocycles. The molecule has 1 N–H and O–H groups in total. The monoisotopic (exact) mass is 394 g/mol. The molecule has 0 saturated carbocycles. The summed E-state index contributed by atoms with van der Waals surface area (Å²) in [6.07, 6.45) is 0. The number of ether oxygens (including phenoxy) is 1. The first-order valence-corrected chi connectivity index (χ1v) is 9.80. The summed E-state index contributed by atoms with van der Waals surface area (Å²) in [6, 6.07) is 11.0. The van der Waals surface area contributed by atoms with Gasteiger partial charge in [-0.25, -0.2) is 8.42 Å². The lowest BCUT2D eigenvalue weighted by atomic mass is 9.93. The summed E-state index contributed by atoms with van der Waals surface area (Å²) in [5.41, 5.74) is 0.232. The fourth-order valence-electron chi connectivity index (χ4n) is 2.73. The number of fused-ring (bicyclic) bond motifs is 1. The first-order chi connectivity index (χ1) is 12.1. The third-order valence-electron chi connectivity index (χ3n) is 4.17. The molecule has 1 aliphatic rings. The van der Waals surface area contributed by atoms with Gasteiger partial charge in [0.2, 0.25) is 5.91 Å². The second kappa shape index (κ2) is 6.48. The van der Waals surface area contributed by atoms with Crippen LogP contribution in [0, 0.1) is 5.41 Å². The lowest BCUT2D eigenvalue weighted by Crippen LogP contribution is -2.39. The molecule has 3 rings (SSSR count). The Morgan fingerprint density at radius 1 is 1.19 bits per heavy atom. The van der Waals surface area contributed by atoms with E-state index in [4.69, 9.17) is 16.3 Å². The summed E-state index contributed by atoms with van der Waals surface area (Å²) in [5.74, 6) is 0.367. The average Bonchev–Trinajstić information content (AvgIpc) is 2.66. The smallest absolute Gasteiger partial charge is 0.263 e. The molecule has 1 heterocycles. The number of anilines is 2. The molecule has 2 aromatic carbocycles. The normalized spacial score (nSPS) is 16.5. The van der Waals surface area contributed by atoms with Gasteiger partial charge in [-0.05, 0) is 38.1 Å². The number of rotatable bonds is 3. The Morgan fingerprint density at radius 3 is 2.58 bits per heavy atom. The van der Waals surface area contributed by atoms with E-state index in [1.807, 2.05) is 0 Å². The maximum absolute atomic E-state index is 12.6. The number of sulfonamides is 1. The van der Waals surface area contributed by atoms with Crippen LogP contribution in [0.2, 0.25) is 5.02 Å². The Labute approximate surface area is 157 Å². The van der Waals surface area contributed by atoms with Gasteiger partial charge < -0.3 is 9.64 Å². The highest BCUT2D eigenvalue weighted by molar-refractivity contribution is 7.92. The van der Waals surface area contributed by atoms with E-state index in [9.17, 15) is 13.2 Å². The third kappa shape index (κ3) is 3.37. The van der Waals surface area contributed by atoms with E-state index >= 15 is 0 Å². The molecule has 0 atom stereocenters. The summed E-state index contributed by atoms with van der Waals surface area (Å²) >= 11 is 5.99. The SMILES string of the molecule is CN1C(=O)C(C)(C)COc2cc(NS(=O)(=O)c3ccccc3Cl)ccc21. The molecular weight excluding hydrogens is 376 g/mol. The van der Waals surface area contributed by atoms with Gasteiger partial charge in [0, 0.05) is 13.1 Å². The van der Waals surface area contributed by atoms with Gasteiger partial charge in [-0.1, -0.05) is 23.7 Å². The van der Waals surface area contributed by atoms with E-state index < -0.39 is 15.4 Å². The highest BCUT2D eigenvalue weighted by atomic mass is 35.5. The number of hydrogen-bond donors (Lipinski definition) is 1. The van der Waals surface area contributed by atoms with Crippen LogP contribution in [0.25, 0.3) is 0 Å². The molecule has 0 radical (unpaired) electrons. The van der Waals surface area contributed by atoms with Crippen molar-refractivity contribution in [2.24, 2.45) is 5.41 Å². The second-order valence-electron chi connectivity index (χ2n) is 6.76. The number of carbonyl (C=O) groups is 1. The van der Waals surface area contributed by atoms with E-state index in [0.29, 0.717) is 17.1 Å². The number of amides is 1. The van der Waals surface area contributed by atoms with Crippen molar-refractivity contribution >= 4 is 38.9 Å². The highest BCUT2D eigenvalue weighted by Gasteiger charge is 2.36. The fraction of sp³-hybridized carbons (Fsp3) is 0.278. The van der Waals surface area contributed by atoms with Crippen molar-refractivity contribution in [1.82, 2.24) is 0 Å². The summed E-state index contributed by atoms with van der Waals surface area (Å²) < 4.78 is 33.4. The zero-order chi connectivity index (χ0) is 19.1. The van der Waals surface area contributed by atoms with Gasteiger partial charge >= 0.3 is 0 Å². The van der Waals surface area contributed by atoms with Crippen molar-refractivity contribution in [3.8, 4) is 5.75 Å². The van der Waals surface area contributed by atoms with Gasteiger partial charge in [0.1, 0.15) is 17.3 Å². The largest absolute Gasteiger partial charge is 0.490 e. The van der Waals surface area contributed by atoms with E-state index in [1.165, 1.54) is 17.0 Å². The lowest BCUT2D eigenvalue weighted by Gasteiger charge is -2.24. The zero-order valence-electron chi connectivity index (χ0n) is 14.6. The van der Waals surface area contributed by atoms with Gasteiger partial charge in [0.25, 0.3) is 10.0 Å². The molecule has 138 valence electrons. The van der Waals surface area contributed by atoms with Crippen molar-refractivity contribution in [1.29, 1.82) is 0 Å². The molecule has 0 spiro atoms. The number of benzene rings is 2. The van der Waals surface area contributed by atoms with Crippen LogP contribution in [0.4, 0.5) is 11.4 Å². The van der Waals surface area contributed by atoms with Crippen LogP contribution in [0.5, 0.6) is 5.75 Å². The molecular formula is C18H19ClN2O4S. The first-order valence-electron chi connectivity index (χ1n) is 7.94. The minimum absolute atomic E-state index is 0.00837. The highest BCUT2D eigenvalue weighted by Crippen LogP contribution is 2.37. The average molecular weight is 395 g/mol. The maximum atomic E-state index is 12.6. The van der Waals surface area contributed by atoms with Gasteiger partial charge in [-0.2, -0.15) is 0 Å².